The van der Waals surface area contributed by atoms with Crippen molar-refractivity contribution in [3.8, 4) is 0 Å². The van der Waals surface area contributed by atoms with Crippen LogP contribution in [0.3, 0.4) is 0 Å². The summed E-state index contributed by atoms with van der Waals surface area (Å²) in [5.41, 5.74) is 5.12. The van der Waals surface area contributed by atoms with Crippen molar-refractivity contribution in [2.75, 3.05) is 6.54 Å². The van der Waals surface area contributed by atoms with Crippen LogP contribution in [0.15, 0.2) is 0 Å². The predicted molar refractivity (Wildman–Crippen MR) is 90.4 cm³/mol. The van der Waals surface area contributed by atoms with Crippen LogP contribution >= 0.6 is 0 Å². The lowest BCUT2D eigenvalue weighted by atomic mass is 9.98. The van der Waals surface area contributed by atoms with E-state index in [2.05, 4.69) is 16.0 Å². The zero-order valence-corrected chi connectivity index (χ0v) is 14.7. The molecule has 0 bridgehead atoms. The third-order valence-electron chi connectivity index (χ3n) is 4.47. The molecule has 9 heteroatoms. The van der Waals surface area contributed by atoms with Gasteiger partial charge in [-0.1, -0.05) is 20.3 Å². The SMILES string of the molecule is CCC(C)C(NC(=O)C(CCC(N)=O)NC(=O)C1CCCN1)C(=O)O. The molecule has 1 aliphatic heterocycles. The highest BCUT2D eigenvalue weighted by Crippen LogP contribution is 2.10. The van der Waals surface area contributed by atoms with Gasteiger partial charge in [-0.05, 0) is 31.7 Å². The van der Waals surface area contributed by atoms with Gasteiger partial charge >= 0.3 is 5.97 Å². The van der Waals surface area contributed by atoms with Crippen molar-refractivity contribution >= 4 is 23.7 Å². The van der Waals surface area contributed by atoms with E-state index in [1.54, 1.807) is 6.92 Å². The van der Waals surface area contributed by atoms with Crippen molar-refractivity contribution in [1.82, 2.24) is 16.0 Å². The second-order valence-corrected chi connectivity index (χ2v) is 6.43. The van der Waals surface area contributed by atoms with Crippen LogP contribution in [0.2, 0.25) is 0 Å². The highest BCUT2D eigenvalue weighted by atomic mass is 16.4. The minimum atomic E-state index is -1.14. The number of nitrogens with two attached hydrogens (primary N) is 1. The maximum atomic E-state index is 12.5. The molecule has 1 rings (SSSR count). The van der Waals surface area contributed by atoms with Crippen molar-refractivity contribution in [3.63, 3.8) is 0 Å². The van der Waals surface area contributed by atoms with E-state index in [1.165, 1.54) is 0 Å². The van der Waals surface area contributed by atoms with Gasteiger partial charge in [0.15, 0.2) is 0 Å². The number of hydrogen-bond acceptors (Lipinski definition) is 5. The molecular weight excluding hydrogens is 328 g/mol. The number of rotatable bonds is 10. The van der Waals surface area contributed by atoms with Gasteiger partial charge in [0.1, 0.15) is 12.1 Å². The Hall–Kier alpha value is -2.16. The maximum absolute atomic E-state index is 12.5. The van der Waals surface area contributed by atoms with E-state index in [0.29, 0.717) is 12.8 Å². The Morgan fingerprint density at radius 1 is 1.28 bits per heavy atom. The minimum absolute atomic E-state index is 0.0203. The van der Waals surface area contributed by atoms with Crippen LogP contribution in [-0.2, 0) is 19.2 Å². The molecule has 0 aromatic rings. The average molecular weight is 356 g/mol. The fraction of sp³-hybridized carbons (Fsp3) is 0.750. The molecule has 0 spiro atoms. The summed E-state index contributed by atoms with van der Waals surface area (Å²) in [6.45, 7) is 4.27. The lowest BCUT2D eigenvalue weighted by molar-refractivity contribution is -0.144. The van der Waals surface area contributed by atoms with Gasteiger partial charge < -0.3 is 26.8 Å². The Morgan fingerprint density at radius 2 is 1.96 bits per heavy atom. The minimum Gasteiger partial charge on any atom is -0.480 e. The molecule has 6 N–H and O–H groups in total. The molecule has 3 amide bonds. The van der Waals surface area contributed by atoms with Gasteiger partial charge in [0.25, 0.3) is 0 Å². The first-order valence-corrected chi connectivity index (χ1v) is 8.61. The molecule has 9 nitrogen and oxygen atoms in total. The monoisotopic (exact) mass is 356 g/mol. The third kappa shape index (κ3) is 6.69. The van der Waals surface area contributed by atoms with E-state index in [1.807, 2.05) is 6.92 Å². The quantitative estimate of drug-likeness (QED) is 0.342. The molecule has 1 heterocycles. The summed E-state index contributed by atoms with van der Waals surface area (Å²) >= 11 is 0. The molecular formula is C16H28N4O5. The number of nitrogens with one attached hydrogen (secondary N) is 3. The molecule has 1 fully saturated rings. The fourth-order valence-electron chi connectivity index (χ4n) is 2.67. The van der Waals surface area contributed by atoms with Gasteiger partial charge in [-0.25, -0.2) is 4.79 Å². The second kappa shape index (κ2) is 9.97. The summed E-state index contributed by atoms with van der Waals surface area (Å²) in [6.07, 6.45) is 2.04. The molecule has 0 aromatic carbocycles. The van der Waals surface area contributed by atoms with Crippen molar-refractivity contribution in [1.29, 1.82) is 0 Å². The normalized spacial score (nSPS) is 20.3. The van der Waals surface area contributed by atoms with Crippen LogP contribution in [0.4, 0.5) is 0 Å². The largest absolute Gasteiger partial charge is 0.480 e. The van der Waals surface area contributed by atoms with Crippen molar-refractivity contribution in [2.45, 2.75) is 64.1 Å². The van der Waals surface area contributed by atoms with Gasteiger partial charge in [0.2, 0.25) is 17.7 Å². The molecule has 1 saturated heterocycles. The van der Waals surface area contributed by atoms with Crippen molar-refractivity contribution < 1.29 is 24.3 Å². The molecule has 0 aromatic heterocycles. The number of carbonyl (C=O) groups excluding carboxylic acids is 3. The van der Waals surface area contributed by atoms with Gasteiger partial charge in [-0.3, -0.25) is 14.4 Å². The topological polar surface area (TPSA) is 151 Å². The highest BCUT2D eigenvalue weighted by molar-refractivity contribution is 5.92. The summed E-state index contributed by atoms with van der Waals surface area (Å²) < 4.78 is 0. The summed E-state index contributed by atoms with van der Waals surface area (Å²) in [7, 11) is 0. The van der Waals surface area contributed by atoms with E-state index in [-0.39, 0.29) is 30.7 Å². The third-order valence-corrected chi connectivity index (χ3v) is 4.47. The number of aliphatic carboxylic acids is 1. The molecule has 4 unspecified atom stereocenters. The summed E-state index contributed by atoms with van der Waals surface area (Å²) in [5, 5.41) is 17.4. The molecule has 0 saturated carbocycles. The molecule has 4 atom stereocenters. The number of carbonyl (C=O) groups is 4. The van der Waals surface area contributed by atoms with Crippen LogP contribution in [0.5, 0.6) is 0 Å². The smallest absolute Gasteiger partial charge is 0.326 e. The van der Waals surface area contributed by atoms with Crippen molar-refractivity contribution in [3.05, 3.63) is 0 Å². The van der Waals surface area contributed by atoms with E-state index < -0.39 is 29.9 Å². The van der Waals surface area contributed by atoms with Gasteiger partial charge in [-0.2, -0.15) is 0 Å². The Kier molecular flexibility index (Phi) is 8.33. The molecule has 1 aliphatic rings. The molecule has 142 valence electrons. The first-order valence-electron chi connectivity index (χ1n) is 8.61. The number of amides is 3. The van der Waals surface area contributed by atoms with Crippen molar-refractivity contribution in [2.24, 2.45) is 11.7 Å². The van der Waals surface area contributed by atoms with Crippen LogP contribution in [0.25, 0.3) is 0 Å². The van der Waals surface area contributed by atoms with Crippen LogP contribution in [0, 0.1) is 5.92 Å². The Morgan fingerprint density at radius 3 is 2.44 bits per heavy atom. The van der Waals surface area contributed by atoms with Gasteiger partial charge in [0, 0.05) is 6.42 Å². The van der Waals surface area contributed by atoms with Gasteiger partial charge in [0.05, 0.1) is 6.04 Å². The van der Waals surface area contributed by atoms with Crippen LogP contribution in [-0.4, -0.2) is 53.5 Å². The van der Waals surface area contributed by atoms with E-state index in [4.69, 9.17) is 5.73 Å². The Balaban J connectivity index is 2.78. The van der Waals surface area contributed by atoms with Gasteiger partial charge in [-0.15, -0.1) is 0 Å². The van der Waals surface area contributed by atoms with E-state index >= 15 is 0 Å². The second-order valence-electron chi connectivity index (χ2n) is 6.43. The fourth-order valence-corrected chi connectivity index (χ4v) is 2.67. The summed E-state index contributed by atoms with van der Waals surface area (Å²) in [4.78, 5) is 47.1. The molecule has 0 radical (unpaired) electrons. The highest BCUT2D eigenvalue weighted by Gasteiger charge is 2.31. The molecule has 25 heavy (non-hydrogen) atoms. The van der Waals surface area contributed by atoms with Crippen LogP contribution < -0.4 is 21.7 Å². The van der Waals surface area contributed by atoms with E-state index in [0.717, 1.165) is 13.0 Å². The number of carboxylic acid groups (broad SMARTS) is 1. The average Bonchev–Trinajstić information content (AvgIpc) is 3.09. The predicted octanol–water partition coefficient (Wildman–Crippen LogP) is -0.896. The summed E-state index contributed by atoms with van der Waals surface area (Å²) in [5.74, 6) is -2.97. The Labute approximate surface area is 147 Å². The Bertz CT molecular complexity index is 505. The lowest BCUT2D eigenvalue weighted by Crippen LogP contribution is -2.55. The lowest BCUT2D eigenvalue weighted by Gasteiger charge is -2.25. The van der Waals surface area contributed by atoms with Crippen LogP contribution in [0.1, 0.15) is 46.0 Å². The number of primary amides is 1. The standard InChI is InChI=1S/C16H28N4O5/c1-3-9(2)13(16(24)25)20-15(23)11(6-7-12(17)21)19-14(22)10-5-4-8-18-10/h9-11,13,18H,3-8H2,1-2H3,(H2,17,21)(H,19,22)(H,20,23)(H,24,25). The van der Waals surface area contributed by atoms with E-state index in [9.17, 15) is 24.3 Å². The zero-order valence-electron chi connectivity index (χ0n) is 14.7. The maximum Gasteiger partial charge on any atom is 0.326 e. The molecule has 0 aliphatic carbocycles. The first-order chi connectivity index (χ1) is 11.8. The summed E-state index contributed by atoms with van der Waals surface area (Å²) in [6, 6.07) is -2.45. The number of hydrogen-bond donors (Lipinski definition) is 5. The number of carboxylic acids is 1. The first kappa shape index (κ1) is 20.9. The zero-order chi connectivity index (χ0) is 19.0.